The molecule has 1 aromatic rings. The monoisotopic (exact) mass is 263 g/mol. The standard InChI is InChI=1S/C15H25N3O/c1-3-14-10-15(12-16,7-9-19-14)18(2)11-13-6-4-5-8-17-13/h4-6,8,14H,3,7,9-12,16H2,1-2H3. The number of hydrogen-bond donors (Lipinski definition) is 1. The lowest BCUT2D eigenvalue weighted by Crippen LogP contribution is -2.56. The quantitative estimate of drug-likeness (QED) is 0.880. The second kappa shape index (κ2) is 6.46. The smallest absolute Gasteiger partial charge is 0.0590 e. The molecular weight excluding hydrogens is 238 g/mol. The average molecular weight is 263 g/mol. The summed E-state index contributed by atoms with van der Waals surface area (Å²) < 4.78 is 5.79. The molecule has 106 valence electrons. The molecule has 2 N–H and O–H groups in total. The first kappa shape index (κ1) is 14.4. The molecule has 0 bridgehead atoms. The van der Waals surface area contributed by atoms with E-state index in [-0.39, 0.29) is 5.54 Å². The summed E-state index contributed by atoms with van der Waals surface area (Å²) in [4.78, 5) is 6.77. The van der Waals surface area contributed by atoms with Crippen LogP contribution in [0.1, 0.15) is 31.9 Å². The number of hydrogen-bond acceptors (Lipinski definition) is 4. The molecule has 0 saturated carbocycles. The summed E-state index contributed by atoms with van der Waals surface area (Å²) in [5, 5.41) is 0. The Labute approximate surface area is 116 Å². The van der Waals surface area contributed by atoms with Crippen LogP contribution in [0.5, 0.6) is 0 Å². The fourth-order valence-corrected chi connectivity index (χ4v) is 2.85. The van der Waals surface area contributed by atoms with Gasteiger partial charge in [0.15, 0.2) is 0 Å². The Bertz CT molecular complexity index is 384. The van der Waals surface area contributed by atoms with Gasteiger partial charge in [-0.3, -0.25) is 9.88 Å². The molecule has 0 aromatic carbocycles. The highest BCUT2D eigenvalue weighted by molar-refractivity contribution is 5.05. The van der Waals surface area contributed by atoms with Gasteiger partial charge in [-0.05, 0) is 38.4 Å². The van der Waals surface area contributed by atoms with Crippen LogP contribution in [0.2, 0.25) is 0 Å². The third-order valence-corrected chi connectivity index (χ3v) is 4.30. The van der Waals surface area contributed by atoms with Crippen LogP contribution >= 0.6 is 0 Å². The number of pyridine rings is 1. The highest BCUT2D eigenvalue weighted by Gasteiger charge is 2.38. The molecule has 2 rings (SSSR count). The lowest BCUT2D eigenvalue weighted by atomic mass is 9.84. The topological polar surface area (TPSA) is 51.4 Å². The third kappa shape index (κ3) is 3.32. The van der Waals surface area contributed by atoms with Crippen molar-refractivity contribution in [3.63, 3.8) is 0 Å². The largest absolute Gasteiger partial charge is 0.378 e. The second-order valence-corrected chi connectivity index (χ2v) is 5.46. The molecule has 4 nitrogen and oxygen atoms in total. The lowest BCUT2D eigenvalue weighted by molar-refractivity contribution is -0.0674. The summed E-state index contributed by atoms with van der Waals surface area (Å²) in [7, 11) is 2.15. The maximum absolute atomic E-state index is 6.09. The molecule has 0 amide bonds. The first-order chi connectivity index (χ1) is 9.20. The van der Waals surface area contributed by atoms with Gasteiger partial charge in [0.25, 0.3) is 0 Å². The summed E-state index contributed by atoms with van der Waals surface area (Å²) in [5.41, 5.74) is 7.24. The predicted octanol–water partition coefficient (Wildman–Crippen LogP) is 1.80. The summed E-state index contributed by atoms with van der Waals surface area (Å²) in [6.07, 6.45) is 5.26. The van der Waals surface area contributed by atoms with Crippen LogP contribution in [0.25, 0.3) is 0 Å². The van der Waals surface area contributed by atoms with E-state index in [1.807, 2.05) is 18.3 Å². The van der Waals surface area contributed by atoms with Crippen molar-refractivity contribution in [2.45, 2.75) is 44.4 Å². The third-order valence-electron chi connectivity index (χ3n) is 4.30. The fraction of sp³-hybridized carbons (Fsp3) is 0.667. The van der Waals surface area contributed by atoms with E-state index in [0.717, 1.165) is 38.1 Å². The molecule has 2 atom stereocenters. The fourth-order valence-electron chi connectivity index (χ4n) is 2.85. The number of nitrogens with zero attached hydrogens (tertiary/aromatic N) is 2. The molecule has 1 saturated heterocycles. The zero-order valence-electron chi connectivity index (χ0n) is 12.0. The minimum Gasteiger partial charge on any atom is -0.378 e. The van der Waals surface area contributed by atoms with Crippen molar-refractivity contribution >= 4 is 0 Å². The molecule has 1 aromatic heterocycles. The van der Waals surface area contributed by atoms with E-state index in [0.29, 0.717) is 12.6 Å². The Kier molecular flexibility index (Phi) is 4.91. The van der Waals surface area contributed by atoms with Crippen LogP contribution in [0.4, 0.5) is 0 Å². The number of nitrogens with two attached hydrogens (primary N) is 1. The van der Waals surface area contributed by atoms with Gasteiger partial charge in [0, 0.05) is 31.4 Å². The molecule has 1 aliphatic rings. The summed E-state index contributed by atoms with van der Waals surface area (Å²) >= 11 is 0. The second-order valence-electron chi connectivity index (χ2n) is 5.46. The summed E-state index contributed by atoms with van der Waals surface area (Å²) in [5.74, 6) is 0. The van der Waals surface area contributed by atoms with Crippen molar-refractivity contribution in [3.05, 3.63) is 30.1 Å². The molecule has 2 heterocycles. The van der Waals surface area contributed by atoms with Crippen LogP contribution in [0.3, 0.4) is 0 Å². The molecule has 1 aliphatic heterocycles. The Morgan fingerprint density at radius 2 is 2.37 bits per heavy atom. The number of ether oxygens (including phenoxy) is 1. The maximum Gasteiger partial charge on any atom is 0.0590 e. The van der Waals surface area contributed by atoms with E-state index in [2.05, 4.69) is 29.9 Å². The van der Waals surface area contributed by atoms with Crippen LogP contribution < -0.4 is 5.73 Å². The van der Waals surface area contributed by atoms with Crippen molar-refractivity contribution in [1.82, 2.24) is 9.88 Å². The molecular formula is C15H25N3O. The van der Waals surface area contributed by atoms with Gasteiger partial charge in [0.2, 0.25) is 0 Å². The van der Waals surface area contributed by atoms with Crippen molar-refractivity contribution in [2.75, 3.05) is 20.2 Å². The van der Waals surface area contributed by atoms with Gasteiger partial charge in [-0.25, -0.2) is 0 Å². The minimum absolute atomic E-state index is 0.0520. The first-order valence-electron chi connectivity index (χ1n) is 7.13. The molecule has 0 aliphatic carbocycles. The van der Waals surface area contributed by atoms with Crippen LogP contribution in [0, 0.1) is 0 Å². The Morgan fingerprint density at radius 3 is 3.00 bits per heavy atom. The van der Waals surface area contributed by atoms with Gasteiger partial charge in [0.05, 0.1) is 11.8 Å². The van der Waals surface area contributed by atoms with E-state index in [1.54, 1.807) is 0 Å². The van der Waals surface area contributed by atoms with E-state index >= 15 is 0 Å². The highest BCUT2D eigenvalue weighted by Crippen LogP contribution is 2.31. The van der Waals surface area contributed by atoms with Crippen molar-refractivity contribution in [1.29, 1.82) is 0 Å². The molecule has 2 unspecified atom stereocenters. The number of aromatic nitrogens is 1. The van der Waals surface area contributed by atoms with Crippen molar-refractivity contribution < 1.29 is 4.74 Å². The maximum atomic E-state index is 6.09. The van der Waals surface area contributed by atoms with E-state index in [4.69, 9.17) is 10.5 Å². The van der Waals surface area contributed by atoms with Crippen molar-refractivity contribution in [3.8, 4) is 0 Å². The van der Waals surface area contributed by atoms with Gasteiger partial charge in [-0.2, -0.15) is 0 Å². The van der Waals surface area contributed by atoms with Crippen molar-refractivity contribution in [2.24, 2.45) is 5.73 Å². The summed E-state index contributed by atoms with van der Waals surface area (Å²) in [6, 6.07) is 6.05. The molecule has 19 heavy (non-hydrogen) atoms. The Hall–Kier alpha value is -0.970. The van der Waals surface area contributed by atoms with Crippen LogP contribution in [0.15, 0.2) is 24.4 Å². The van der Waals surface area contributed by atoms with Gasteiger partial charge in [0.1, 0.15) is 0 Å². The lowest BCUT2D eigenvalue weighted by Gasteiger charge is -2.46. The first-order valence-corrected chi connectivity index (χ1v) is 7.13. The van der Waals surface area contributed by atoms with Crippen LogP contribution in [-0.4, -0.2) is 41.7 Å². The predicted molar refractivity (Wildman–Crippen MR) is 76.8 cm³/mol. The van der Waals surface area contributed by atoms with E-state index in [9.17, 15) is 0 Å². The molecule has 0 radical (unpaired) electrons. The molecule has 1 fully saturated rings. The average Bonchev–Trinajstić information content (AvgIpc) is 2.48. The van der Waals surface area contributed by atoms with Crippen LogP contribution in [-0.2, 0) is 11.3 Å². The number of rotatable bonds is 5. The van der Waals surface area contributed by atoms with Gasteiger partial charge in [-0.1, -0.05) is 13.0 Å². The number of likely N-dealkylation sites (N-methyl/N-ethyl adjacent to an activating group) is 1. The Balaban J connectivity index is 2.07. The highest BCUT2D eigenvalue weighted by atomic mass is 16.5. The zero-order valence-corrected chi connectivity index (χ0v) is 12.0. The summed E-state index contributed by atoms with van der Waals surface area (Å²) in [6.45, 7) is 4.50. The van der Waals surface area contributed by atoms with E-state index < -0.39 is 0 Å². The molecule has 4 heteroatoms. The van der Waals surface area contributed by atoms with Gasteiger partial charge in [-0.15, -0.1) is 0 Å². The van der Waals surface area contributed by atoms with Gasteiger partial charge >= 0.3 is 0 Å². The SMILES string of the molecule is CCC1CC(CN)(N(C)Cc2ccccn2)CCO1. The minimum atomic E-state index is 0.0520. The normalized spacial score (nSPS) is 27.7. The van der Waals surface area contributed by atoms with E-state index in [1.165, 1.54) is 0 Å². The molecule has 0 spiro atoms. The van der Waals surface area contributed by atoms with Gasteiger partial charge < -0.3 is 10.5 Å². The Morgan fingerprint density at radius 1 is 1.53 bits per heavy atom. The zero-order chi connectivity index (χ0) is 13.7.